The Bertz CT molecular complexity index is 480. The fraction of sp³-hybridized carbons (Fsp3) is 0.688. The van der Waals surface area contributed by atoms with Gasteiger partial charge in [-0.05, 0) is 31.4 Å². The van der Waals surface area contributed by atoms with Gasteiger partial charge in [0.05, 0.1) is 13.2 Å². The van der Waals surface area contributed by atoms with Crippen molar-refractivity contribution < 1.29 is 9.53 Å². The van der Waals surface area contributed by atoms with E-state index in [9.17, 15) is 4.79 Å². The molecule has 5 heteroatoms. The topological polar surface area (TPSA) is 37.7 Å². The van der Waals surface area contributed by atoms with Crippen molar-refractivity contribution >= 4 is 5.91 Å². The molecular weight excluding hydrogens is 266 g/mol. The van der Waals surface area contributed by atoms with Crippen LogP contribution >= 0.6 is 0 Å². The molecule has 0 spiro atoms. The van der Waals surface area contributed by atoms with Gasteiger partial charge in [-0.2, -0.15) is 0 Å². The Kier molecular flexibility index (Phi) is 4.60. The fourth-order valence-corrected chi connectivity index (χ4v) is 3.37. The summed E-state index contributed by atoms with van der Waals surface area (Å²) in [6, 6.07) is 4.20. The minimum Gasteiger partial charge on any atom is -0.379 e. The van der Waals surface area contributed by atoms with Gasteiger partial charge in [0.15, 0.2) is 0 Å². The van der Waals surface area contributed by atoms with Crippen LogP contribution in [0, 0.1) is 0 Å². The quantitative estimate of drug-likeness (QED) is 0.844. The molecule has 2 fully saturated rings. The number of hydrogen-bond acceptors (Lipinski definition) is 3. The van der Waals surface area contributed by atoms with Crippen LogP contribution in [0.25, 0.3) is 0 Å². The third kappa shape index (κ3) is 3.30. The third-order valence-corrected chi connectivity index (χ3v) is 4.62. The van der Waals surface area contributed by atoms with Gasteiger partial charge in [0.1, 0.15) is 5.69 Å². The van der Waals surface area contributed by atoms with Crippen LogP contribution in [0.4, 0.5) is 0 Å². The average Bonchev–Trinajstić information content (AvgIpc) is 2.94. The first kappa shape index (κ1) is 14.6. The smallest absolute Gasteiger partial charge is 0.270 e. The Morgan fingerprint density at radius 2 is 2.10 bits per heavy atom. The number of carbonyl (C=O) groups is 1. The average molecular weight is 291 g/mol. The molecule has 1 aromatic rings. The van der Waals surface area contributed by atoms with Gasteiger partial charge >= 0.3 is 0 Å². The predicted octanol–water partition coefficient (Wildman–Crippen LogP) is 1.35. The molecule has 21 heavy (non-hydrogen) atoms. The highest BCUT2D eigenvalue weighted by atomic mass is 16.5. The Morgan fingerprint density at radius 1 is 1.29 bits per heavy atom. The van der Waals surface area contributed by atoms with Gasteiger partial charge in [-0.25, -0.2) is 0 Å². The van der Waals surface area contributed by atoms with E-state index in [0.717, 1.165) is 57.9 Å². The molecule has 0 radical (unpaired) electrons. The lowest BCUT2D eigenvalue weighted by atomic mass is 10.0. The summed E-state index contributed by atoms with van der Waals surface area (Å²) in [5, 5.41) is 0. The van der Waals surface area contributed by atoms with Crippen molar-refractivity contribution in [2.75, 3.05) is 39.4 Å². The Balaban J connectivity index is 1.69. The van der Waals surface area contributed by atoms with E-state index in [1.165, 1.54) is 6.42 Å². The first-order valence-electron chi connectivity index (χ1n) is 7.98. The van der Waals surface area contributed by atoms with E-state index in [2.05, 4.69) is 9.80 Å². The molecular formula is C16H25N3O2. The highest BCUT2D eigenvalue weighted by Crippen LogP contribution is 2.21. The van der Waals surface area contributed by atoms with E-state index < -0.39 is 0 Å². The maximum absolute atomic E-state index is 12.8. The first-order chi connectivity index (χ1) is 10.3. The monoisotopic (exact) mass is 291 g/mol. The summed E-state index contributed by atoms with van der Waals surface area (Å²) >= 11 is 0. The van der Waals surface area contributed by atoms with Crippen molar-refractivity contribution in [3.8, 4) is 0 Å². The summed E-state index contributed by atoms with van der Waals surface area (Å²) in [7, 11) is 1.94. The second-order valence-corrected chi connectivity index (χ2v) is 6.07. The summed E-state index contributed by atoms with van der Waals surface area (Å²) in [6.45, 7) is 5.49. The van der Waals surface area contributed by atoms with Crippen LogP contribution in [-0.4, -0.2) is 65.7 Å². The maximum Gasteiger partial charge on any atom is 0.270 e. The molecule has 0 aromatic carbocycles. The van der Waals surface area contributed by atoms with Crippen molar-refractivity contribution in [3.63, 3.8) is 0 Å². The molecule has 2 aliphatic rings. The molecule has 0 aliphatic carbocycles. The zero-order chi connectivity index (χ0) is 14.7. The van der Waals surface area contributed by atoms with Crippen molar-refractivity contribution in [3.05, 3.63) is 24.0 Å². The summed E-state index contributed by atoms with van der Waals surface area (Å²) in [5.41, 5.74) is 0.795. The maximum atomic E-state index is 12.8. The van der Waals surface area contributed by atoms with Gasteiger partial charge < -0.3 is 14.2 Å². The van der Waals surface area contributed by atoms with Gasteiger partial charge in [0, 0.05) is 45.5 Å². The summed E-state index contributed by atoms with van der Waals surface area (Å²) in [5.74, 6) is 0.181. The van der Waals surface area contributed by atoms with Crippen molar-refractivity contribution in [2.45, 2.75) is 25.3 Å². The molecule has 1 atom stereocenters. The van der Waals surface area contributed by atoms with E-state index in [4.69, 9.17) is 4.74 Å². The lowest BCUT2D eigenvalue weighted by molar-refractivity contribution is 0.0164. The van der Waals surface area contributed by atoms with Crippen LogP contribution in [0.5, 0.6) is 0 Å². The second-order valence-electron chi connectivity index (χ2n) is 6.07. The summed E-state index contributed by atoms with van der Waals surface area (Å²) in [6.07, 6.45) is 5.41. The number of amides is 1. The number of aromatic nitrogens is 1. The predicted molar refractivity (Wildman–Crippen MR) is 81.3 cm³/mol. The molecule has 1 aromatic heterocycles. The first-order valence-corrected chi connectivity index (χ1v) is 7.98. The number of ether oxygens (including phenoxy) is 1. The lowest BCUT2D eigenvalue weighted by Gasteiger charge is -2.39. The standard InChI is InChI=1S/C16H25N3O2/c1-17-7-4-6-15(17)16(20)19-8-3-2-5-14(19)13-18-9-11-21-12-10-18/h4,6-7,14H,2-3,5,8-13H2,1H3. The van der Waals surface area contributed by atoms with Crippen LogP contribution < -0.4 is 0 Å². The molecule has 5 nitrogen and oxygen atoms in total. The highest BCUT2D eigenvalue weighted by Gasteiger charge is 2.30. The van der Waals surface area contributed by atoms with E-state index in [1.54, 1.807) is 0 Å². The normalized spacial score (nSPS) is 24.2. The number of aryl methyl sites for hydroxylation is 1. The molecule has 2 saturated heterocycles. The Hall–Kier alpha value is -1.33. The van der Waals surface area contributed by atoms with Crippen LogP contribution in [0.15, 0.2) is 18.3 Å². The lowest BCUT2D eigenvalue weighted by Crippen LogP contribution is -2.51. The fourth-order valence-electron chi connectivity index (χ4n) is 3.37. The van der Waals surface area contributed by atoms with E-state index in [1.807, 2.05) is 29.9 Å². The molecule has 3 heterocycles. The number of hydrogen-bond donors (Lipinski definition) is 0. The molecule has 3 rings (SSSR count). The minimum atomic E-state index is 0.181. The SMILES string of the molecule is Cn1cccc1C(=O)N1CCCCC1CN1CCOCC1. The Labute approximate surface area is 126 Å². The molecule has 0 saturated carbocycles. The number of carbonyl (C=O) groups excluding carboxylic acids is 1. The molecule has 116 valence electrons. The largest absolute Gasteiger partial charge is 0.379 e. The number of rotatable bonds is 3. The van der Waals surface area contributed by atoms with E-state index in [-0.39, 0.29) is 5.91 Å². The van der Waals surface area contributed by atoms with Crippen molar-refractivity contribution in [1.82, 2.24) is 14.4 Å². The third-order valence-electron chi connectivity index (χ3n) is 4.62. The van der Waals surface area contributed by atoms with E-state index in [0.29, 0.717) is 6.04 Å². The zero-order valence-electron chi connectivity index (χ0n) is 12.8. The van der Waals surface area contributed by atoms with Gasteiger partial charge in [0.25, 0.3) is 5.91 Å². The number of piperidine rings is 1. The number of morpholine rings is 1. The number of likely N-dealkylation sites (tertiary alicyclic amines) is 1. The van der Waals surface area contributed by atoms with E-state index >= 15 is 0 Å². The summed E-state index contributed by atoms with van der Waals surface area (Å²) in [4.78, 5) is 17.3. The highest BCUT2D eigenvalue weighted by molar-refractivity contribution is 5.93. The van der Waals surface area contributed by atoms with Crippen LogP contribution in [0.2, 0.25) is 0 Å². The molecule has 2 aliphatic heterocycles. The Morgan fingerprint density at radius 3 is 2.81 bits per heavy atom. The van der Waals surface area contributed by atoms with Gasteiger partial charge in [-0.1, -0.05) is 0 Å². The molecule has 0 N–H and O–H groups in total. The second kappa shape index (κ2) is 6.62. The molecule has 0 bridgehead atoms. The van der Waals surface area contributed by atoms with Gasteiger partial charge in [-0.3, -0.25) is 9.69 Å². The summed E-state index contributed by atoms with van der Waals surface area (Å²) < 4.78 is 7.33. The van der Waals surface area contributed by atoms with Gasteiger partial charge in [0.2, 0.25) is 0 Å². The number of nitrogens with zero attached hydrogens (tertiary/aromatic N) is 3. The van der Waals surface area contributed by atoms with Crippen LogP contribution in [0.1, 0.15) is 29.8 Å². The van der Waals surface area contributed by atoms with Crippen LogP contribution in [-0.2, 0) is 11.8 Å². The van der Waals surface area contributed by atoms with Crippen molar-refractivity contribution in [1.29, 1.82) is 0 Å². The molecule has 1 unspecified atom stereocenters. The van der Waals surface area contributed by atoms with Crippen LogP contribution in [0.3, 0.4) is 0 Å². The van der Waals surface area contributed by atoms with Gasteiger partial charge in [-0.15, -0.1) is 0 Å². The zero-order valence-corrected chi connectivity index (χ0v) is 12.8. The minimum absolute atomic E-state index is 0.181. The molecule has 1 amide bonds. The van der Waals surface area contributed by atoms with Crippen molar-refractivity contribution in [2.24, 2.45) is 7.05 Å².